The van der Waals surface area contributed by atoms with E-state index in [1.165, 1.54) is 19.2 Å². The van der Waals surface area contributed by atoms with Crippen LogP contribution >= 0.6 is 11.8 Å². The molecule has 1 aliphatic rings. The van der Waals surface area contributed by atoms with Crippen LogP contribution in [0.15, 0.2) is 34.3 Å². The number of rotatable bonds is 5. The van der Waals surface area contributed by atoms with Gasteiger partial charge in [-0.3, -0.25) is 14.4 Å². The maximum Gasteiger partial charge on any atom is 0.251 e. The molecule has 2 heterocycles. The summed E-state index contributed by atoms with van der Waals surface area (Å²) in [6.45, 7) is 1.48. The second-order valence-corrected chi connectivity index (χ2v) is 5.85. The molecule has 0 aliphatic carbocycles. The molecule has 24 heavy (non-hydrogen) atoms. The van der Waals surface area contributed by atoms with E-state index in [4.69, 9.17) is 9.47 Å². The molecule has 0 atom stereocenters. The van der Waals surface area contributed by atoms with Crippen LogP contribution in [0.5, 0.6) is 11.5 Å². The molecule has 1 amide bonds. The summed E-state index contributed by atoms with van der Waals surface area (Å²) in [7, 11) is 0. The zero-order chi connectivity index (χ0) is 17.1. The fraction of sp³-hybridized carbons (Fsp3) is 0.200. The van der Waals surface area contributed by atoms with E-state index in [1.807, 2.05) is 0 Å². The number of nitrogens with zero attached hydrogens (tertiary/aromatic N) is 1. The summed E-state index contributed by atoms with van der Waals surface area (Å²) in [5.41, 5.74) is 0.401. The van der Waals surface area contributed by atoms with Crippen molar-refractivity contribution in [1.82, 2.24) is 9.97 Å². The van der Waals surface area contributed by atoms with E-state index < -0.39 is 0 Å². The molecule has 1 aliphatic heterocycles. The standard InChI is InChI=1S/C15H13N3O5S/c1-8(19)9-4-11-12(23-7-22-11)5-10(9)17-14(21)6-24-15-16-3-2-13(20)18-15/h2-5H,6-7H2,1H3,(H,17,21)(H,16,18,20). The molecule has 0 unspecified atom stereocenters. The fourth-order valence-corrected chi connectivity index (χ4v) is 2.73. The second kappa shape index (κ2) is 6.75. The van der Waals surface area contributed by atoms with Gasteiger partial charge in [0.1, 0.15) is 0 Å². The van der Waals surface area contributed by atoms with Crippen LogP contribution in [0.1, 0.15) is 17.3 Å². The van der Waals surface area contributed by atoms with Crippen molar-refractivity contribution in [3.63, 3.8) is 0 Å². The number of hydrogen-bond donors (Lipinski definition) is 2. The maximum atomic E-state index is 12.1. The average Bonchev–Trinajstić information content (AvgIpc) is 2.99. The Bertz CT molecular complexity index is 864. The first-order chi connectivity index (χ1) is 11.5. The number of ether oxygens (including phenoxy) is 2. The number of carbonyl (C=O) groups excluding carboxylic acids is 2. The number of fused-ring (bicyclic) bond motifs is 1. The number of H-pyrrole nitrogens is 1. The zero-order valence-electron chi connectivity index (χ0n) is 12.6. The molecule has 0 radical (unpaired) electrons. The predicted molar refractivity (Wildman–Crippen MR) is 86.8 cm³/mol. The van der Waals surface area contributed by atoms with E-state index >= 15 is 0 Å². The van der Waals surface area contributed by atoms with Gasteiger partial charge >= 0.3 is 0 Å². The Morgan fingerprint density at radius 3 is 2.79 bits per heavy atom. The quantitative estimate of drug-likeness (QED) is 0.478. The zero-order valence-corrected chi connectivity index (χ0v) is 13.4. The first-order valence-corrected chi connectivity index (χ1v) is 7.94. The largest absolute Gasteiger partial charge is 0.454 e. The van der Waals surface area contributed by atoms with E-state index in [9.17, 15) is 14.4 Å². The minimum Gasteiger partial charge on any atom is -0.454 e. The summed E-state index contributed by atoms with van der Waals surface area (Å²) < 4.78 is 10.5. The Morgan fingerprint density at radius 1 is 1.33 bits per heavy atom. The molecule has 0 spiro atoms. The van der Waals surface area contributed by atoms with Crippen molar-refractivity contribution < 1.29 is 19.1 Å². The molecule has 9 heteroatoms. The van der Waals surface area contributed by atoms with Crippen molar-refractivity contribution in [2.24, 2.45) is 0 Å². The molecule has 1 aromatic heterocycles. The number of aromatic nitrogens is 2. The minimum atomic E-state index is -0.340. The van der Waals surface area contributed by atoms with Crippen LogP contribution in [-0.2, 0) is 4.79 Å². The van der Waals surface area contributed by atoms with Gasteiger partial charge in [0.2, 0.25) is 12.7 Å². The van der Waals surface area contributed by atoms with Gasteiger partial charge in [-0.25, -0.2) is 4.98 Å². The van der Waals surface area contributed by atoms with Crippen molar-refractivity contribution in [2.45, 2.75) is 12.1 Å². The number of anilines is 1. The molecule has 8 nitrogen and oxygen atoms in total. The van der Waals surface area contributed by atoms with Crippen LogP contribution in [0.2, 0.25) is 0 Å². The summed E-state index contributed by atoms with van der Waals surface area (Å²) in [5, 5.41) is 3.01. The van der Waals surface area contributed by atoms with Crippen LogP contribution in [0.25, 0.3) is 0 Å². The Hall–Kier alpha value is -2.81. The molecular weight excluding hydrogens is 334 g/mol. The van der Waals surface area contributed by atoms with Crippen molar-refractivity contribution in [3.8, 4) is 11.5 Å². The highest BCUT2D eigenvalue weighted by Gasteiger charge is 2.20. The smallest absolute Gasteiger partial charge is 0.251 e. The van der Waals surface area contributed by atoms with Crippen LogP contribution in [0.4, 0.5) is 5.69 Å². The monoisotopic (exact) mass is 347 g/mol. The van der Waals surface area contributed by atoms with E-state index in [0.717, 1.165) is 11.8 Å². The van der Waals surface area contributed by atoms with Crippen molar-refractivity contribution in [3.05, 3.63) is 40.3 Å². The van der Waals surface area contributed by atoms with Gasteiger partial charge in [0.05, 0.1) is 11.4 Å². The first-order valence-electron chi connectivity index (χ1n) is 6.95. The van der Waals surface area contributed by atoms with E-state index in [-0.39, 0.29) is 29.8 Å². The predicted octanol–water partition coefficient (Wildman–Crippen LogP) is 1.43. The first kappa shape index (κ1) is 16.1. The Balaban J connectivity index is 1.72. The molecule has 2 aromatic rings. The topological polar surface area (TPSA) is 110 Å². The average molecular weight is 347 g/mol. The fourth-order valence-electron chi connectivity index (χ4n) is 2.08. The maximum absolute atomic E-state index is 12.1. The van der Waals surface area contributed by atoms with Gasteiger partial charge in [0.15, 0.2) is 22.4 Å². The molecule has 3 rings (SSSR count). The van der Waals surface area contributed by atoms with Crippen molar-refractivity contribution in [2.75, 3.05) is 17.9 Å². The Morgan fingerprint density at radius 2 is 2.08 bits per heavy atom. The van der Waals surface area contributed by atoms with Crippen molar-refractivity contribution >= 4 is 29.1 Å². The normalized spacial score (nSPS) is 12.0. The Labute approximate surface area is 140 Å². The van der Waals surface area contributed by atoms with Gasteiger partial charge in [0.25, 0.3) is 5.56 Å². The molecule has 0 saturated carbocycles. The summed E-state index contributed by atoms with van der Waals surface area (Å²) in [6.07, 6.45) is 1.37. The molecule has 124 valence electrons. The summed E-state index contributed by atoms with van der Waals surface area (Å²) in [6, 6.07) is 4.39. The number of thioether (sulfide) groups is 1. The van der Waals surface area contributed by atoms with Gasteiger partial charge in [0, 0.05) is 23.9 Å². The lowest BCUT2D eigenvalue weighted by molar-refractivity contribution is -0.113. The molecule has 0 bridgehead atoms. The van der Waals surface area contributed by atoms with Gasteiger partial charge < -0.3 is 19.8 Å². The lowest BCUT2D eigenvalue weighted by Gasteiger charge is -2.10. The number of amides is 1. The van der Waals surface area contributed by atoms with Crippen LogP contribution in [0.3, 0.4) is 0 Å². The third-order valence-electron chi connectivity index (χ3n) is 3.15. The number of benzene rings is 1. The van der Waals surface area contributed by atoms with Gasteiger partial charge in [-0.15, -0.1) is 0 Å². The third-order valence-corrected chi connectivity index (χ3v) is 4.04. The molecule has 0 fully saturated rings. The van der Waals surface area contributed by atoms with Crippen LogP contribution in [0, 0.1) is 0 Å². The number of aromatic amines is 1. The Kier molecular flexibility index (Phi) is 4.52. The molecule has 2 N–H and O–H groups in total. The van der Waals surface area contributed by atoms with Gasteiger partial charge in [-0.2, -0.15) is 0 Å². The summed E-state index contributed by atoms with van der Waals surface area (Å²) in [4.78, 5) is 41.5. The number of nitrogens with one attached hydrogen (secondary N) is 2. The third kappa shape index (κ3) is 3.57. The van der Waals surface area contributed by atoms with Gasteiger partial charge in [-0.1, -0.05) is 11.8 Å². The van der Waals surface area contributed by atoms with E-state index in [1.54, 1.807) is 12.1 Å². The van der Waals surface area contributed by atoms with Crippen LogP contribution < -0.4 is 20.3 Å². The summed E-state index contributed by atoms with van der Waals surface area (Å²) in [5.74, 6) is 0.424. The highest BCUT2D eigenvalue weighted by atomic mass is 32.2. The van der Waals surface area contributed by atoms with Crippen LogP contribution in [-0.4, -0.2) is 34.2 Å². The number of ketones is 1. The summed E-state index contributed by atoms with van der Waals surface area (Å²) >= 11 is 1.08. The molecule has 0 saturated heterocycles. The van der Waals surface area contributed by atoms with Gasteiger partial charge in [-0.05, 0) is 13.0 Å². The van der Waals surface area contributed by atoms with Crippen molar-refractivity contribution in [1.29, 1.82) is 0 Å². The highest BCUT2D eigenvalue weighted by molar-refractivity contribution is 7.99. The van der Waals surface area contributed by atoms with E-state index in [0.29, 0.717) is 27.9 Å². The number of Topliss-reactive ketones (excluding diaryl/α,β-unsaturated/α-hetero) is 1. The number of hydrogen-bond acceptors (Lipinski definition) is 7. The second-order valence-electron chi connectivity index (χ2n) is 4.88. The SMILES string of the molecule is CC(=O)c1cc2c(cc1NC(=O)CSc1nccc(=O)[nH]1)OCO2. The number of carbonyl (C=O) groups is 2. The lowest BCUT2D eigenvalue weighted by atomic mass is 10.1. The van der Waals surface area contributed by atoms with E-state index in [2.05, 4.69) is 15.3 Å². The minimum absolute atomic E-state index is 0.0265. The highest BCUT2D eigenvalue weighted by Crippen LogP contribution is 2.37. The molecule has 1 aromatic carbocycles. The molecular formula is C15H13N3O5S. The lowest BCUT2D eigenvalue weighted by Crippen LogP contribution is -2.17.